The molecule has 0 unspecified atom stereocenters. The Labute approximate surface area is 138 Å². The first-order valence-corrected chi connectivity index (χ1v) is 8.53. The molecular formula is C18H28N4O. The van der Waals surface area contributed by atoms with Crippen LogP contribution >= 0.6 is 0 Å². The van der Waals surface area contributed by atoms with Gasteiger partial charge in [0.25, 0.3) is 5.91 Å². The Hall–Kier alpha value is -2.17. The number of aromatic amines is 1. The Balaban J connectivity index is 0.000000615. The Kier molecular flexibility index (Phi) is 7.45. The number of nitrogens with two attached hydrogens (primary N) is 1. The summed E-state index contributed by atoms with van der Waals surface area (Å²) in [6.45, 7) is 10.0. The summed E-state index contributed by atoms with van der Waals surface area (Å²) in [5.41, 5.74) is 9.71. The number of primary amides is 1. The van der Waals surface area contributed by atoms with Gasteiger partial charge in [0.2, 0.25) is 0 Å². The number of nitrogens with one attached hydrogen (secondary N) is 1. The maximum atomic E-state index is 11.4. The van der Waals surface area contributed by atoms with Gasteiger partial charge in [-0.3, -0.25) is 9.89 Å². The second kappa shape index (κ2) is 9.08. The van der Waals surface area contributed by atoms with E-state index in [1.807, 2.05) is 46.9 Å². The fourth-order valence-electron chi connectivity index (χ4n) is 2.26. The van der Waals surface area contributed by atoms with Crippen LogP contribution in [0.25, 0.3) is 11.1 Å². The summed E-state index contributed by atoms with van der Waals surface area (Å²) in [5, 5.41) is 7.19. The molecule has 1 aliphatic rings. The van der Waals surface area contributed by atoms with E-state index in [-0.39, 0.29) is 0 Å². The molecule has 2 aromatic heterocycles. The summed E-state index contributed by atoms with van der Waals surface area (Å²) in [6.07, 6.45) is 4.98. The van der Waals surface area contributed by atoms with Crippen molar-refractivity contribution in [1.29, 1.82) is 0 Å². The van der Waals surface area contributed by atoms with Gasteiger partial charge in [-0.05, 0) is 37.0 Å². The summed E-state index contributed by atoms with van der Waals surface area (Å²) in [6, 6.07) is 3.75. The highest BCUT2D eigenvalue weighted by Crippen LogP contribution is 2.43. The fourth-order valence-corrected chi connectivity index (χ4v) is 2.26. The standard InChI is InChI=1S/C14H16N4O.2C2H6/c1-2-10-5-9(6-12(17-10)14(15)19)11-7-16-18-13(11)8-3-4-8;2*1-2/h5-8H,2-4H2,1H3,(H2,15,19)(H,16,18);2*1-2H3. The molecular weight excluding hydrogens is 288 g/mol. The highest BCUT2D eigenvalue weighted by molar-refractivity contribution is 5.92. The highest BCUT2D eigenvalue weighted by Gasteiger charge is 2.28. The Morgan fingerprint density at radius 3 is 2.43 bits per heavy atom. The van der Waals surface area contributed by atoms with Crippen LogP contribution in [0.5, 0.6) is 0 Å². The molecule has 3 N–H and O–H groups in total. The maximum Gasteiger partial charge on any atom is 0.267 e. The molecule has 0 bridgehead atoms. The zero-order valence-electron chi connectivity index (χ0n) is 14.8. The molecule has 5 nitrogen and oxygen atoms in total. The summed E-state index contributed by atoms with van der Waals surface area (Å²) in [4.78, 5) is 15.6. The number of nitrogens with zero attached hydrogens (tertiary/aromatic N) is 2. The topological polar surface area (TPSA) is 84.7 Å². The van der Waals surface area contributed by atoms with E-state index in [1.54, 1.807) is 6.07 Å². The van der Waals surface area contributed by atoms with E-state index in [0.717, 1.165) is 28.9 Å². The molecule has 126 valence electrons. The molecule has 2 aromatic rings. The van der Waals surface area contributed by atoms with Crippen molar-refractivity contribution in [2.45, 2.75) is 59.8 Å². The van der Waals surface area contributed by atoms with Crippen LogP contribution in [0.2, 0.25) is 0 Å². The van der Waals surface area contributed by atoms with Gasteiger partial charge in [0, 0.05) is 22.9 Å². The summed E-state index contributed by atoms with van der Waals surface area (Å²) >= 11 is 0. The highest BCUT2D eigenvalue weighted by atomic mass is 16.1. The smallest absolute Gasteiger partial charge is 0.267 e. The number of carbonyl (C=O) groups excluding carboxylic acids is 1. The van der Waals surface area contributed by atoms with Crippen LogP contribution < -0.4 is 5.73 Å². The summed E-state index contributed by atoms with van der Waals surface area (Å²) < 4.78 is 0. The van der Waals surface area contributed by atoms with Crippen LogP contribution in [0, 0.1) is 0 Å². The SMILES string of the molecule is CC.CC.CCc1cc(-c2cn[nH]c2C2CC2)cc(C(N)=O)n1. The zero-order chi connectivity index (χ0) is 17.4. The van der Waals surface area contributed by atoms with Gasteiger partial charge in [-0.1, -0.05) is 34.6 Å². The third-order valence-corrected chi connectivity index (χ3v) is 3.46. The number of aryl methyl sites for hydroxylation is 1. The predicted molar refractivity (Wildman–Crippen MR) is 94.4 cm³/mol. The van der Waals surface area contributed by atoms with Gasteiger partial charge in [-0.2, -0.15) is 5.10 Å². The van der Waals surface area contributed by atoms with Crippen LogP contribution in [0.15, 0.2) is 18.3 Å². The average molecular weight is 316 g/mol. The largest absolute Gasteiger partial charge is 0.364 e. The molecule has 3 rings (SSSR count). The number of rotatable bonds is 4. The number of H-pyrrole nitrogens is 1. The molecule has 0 spiro atoms. The molecule has 0 aromatic carbocycles. The Morgan fingerprint density at radius 2 is 1.91 bits per heavy atom. The summed E-state index contributed by atoms with van der Waals surface area (Å²) in [5.74, 6) is 0.0841. The van der Waals surface area contributed by atoms with Gasteiger partial charge in [-0.15, -0.1) is 0 Å². The minimum atomic E-state index is -0.493. The van der Waals surface area contributed by atoms with E-state index in [1.165, 1.54) is 12.8 Å². The van der Waals surface area contributed by atoms with E-state index in [9.17, 15) is 4.79 Å². The number of aromatic nitrogens is 3. The minimum Gasteiger partial charge on any atom is -0.364 e. The molecule has 1 aliphatic carbocycles. The molecule has 0 saturated heterocycles. The fraction of sp³-hybridized carbons (Fsp3) is 0.500. The van der Waals surface area contributed by atoms with E-state index >= 15 is 0 Å². The van der Waals surface area contributed by atoms with Gasteiger partial charge in [-0.25, -0.2) is 4.98 Å². The number of amides is 1. The van der Waals surface area contributed by atoms with Crippen LogP contribution in [0.3, 0.4) is 0 Å². The lowest BCUT2D eigenvalue weighted by molar-refractivity contribution is 0.0995. The number of pyridine rings is 1. The lowest BCUT2D eigenvalue weighted by atomic mass is 10.0. The van der Waals surface area contributed by atoms with E-state index < -0.39 is 5.91 Å². The Morgan fingerprint density at radius 1 is 1.26 bits per heavy atom. The molecule has 23 heavy (non-hydrogen) atoms. The average Bonchev–Trinajstić information content (AvgIpc) is 3.34. The van der Waals surface area contributed by atoms with E-state index in [2.05, 4.69) is 15.2 Å². The van der Waals surface area contributed by atoms with Crippen molar-refractivity contribution < 1.29 is 4.79 Å². The molecule has 5 heteroatoms. The van der Waals surface area contributed by atoms with Gasteiger partial charge < -0.3 is 5.73 Å². The predicted octanol–water partition coefficient (Wildman–Crippen LogP) is 4.06. The van der Waals surface area contributed by atoms with Crippen LogP contribution in [0.4, 0.5) is 0 Å². The second-order valence-electron chi connectivity index (χ2n) is 4.92. The van der Waals surface area contributed by atoms with Gasteiger partial charge in [0.1, 0.15) is 5.69 Å². The lowest BCUT2D eigenvalue weighted by Crippen LogP contribution is -2.14. The first kappa shape index (κ1) is 18.9. The van der Waals surface area contributed by atoms with Crippen molar-refractivity contribution in [3.8, 4) is 11.1 Å². The van der Waals surface area contributed by atoms with Gasteiger partial charge in [0.05, 0.1) is 6.20 Å². The molecule has 0 aliphatic heterocycles. The van der Waals surface area contributed by atoms with Gasteiger partial charge in [0.15, 0.2) is 0 Å². The molecule has 1 saturated carbocycles. The first-order chi connectivity index (χ1) is 11.2. The number of hydrogen-bond donors (Lipinski definition) is 2. The van der Waals surface area contributed by atoms with Crippen molar-refractivity contribution in [2.24, 2.45) is 5.73 Å². The minimum absolute atomic E-state index is 0.317. The molecule has 0 radical (unpaired) electrons. The lowest BCUT2D eigenvalue weighted by Gasteiger charge is -2.06. The molecule has 1 fully saturated rings. The van der Waals surface area contributed by atoms with Crippen LogP contribution in [0.1, 0.15) is 75.3 Å². The molecule has 0 atom stereocenters. The summed E-state index contributed by atoms with van der Waals surface area (Å²) in [7, 11) is 0. The third-order valence-electron chi connectivity index (χ3n) is 3.46. The number of carbonyl (C=O) groups is 1. The van der Waals surface area contributed by atoms with Crippen molar-refractivity contribution in [3.63, 3.8) is 0 Å². The quantitative estimate of drug-likeness (QED) is 0.892. The van der Waals surface area contributed by atoms with Crippen molar-refractivity contribution in [3.05, 3.63) is 35.4 Å². The first-order valence-electron chi connectivity index (χ1n) is 8.53. The van der Waals surface area contributed by atoms with E-state index in [0.29, 0.717) is 11.6 Å². The molecule has 2 heterocycles. The van der Waals surface area contributed by atoms with Crippen molar-refractivity contribution >= 4 is 5.91 Å². The second-order valence-corrected chi connectivity index (χ2v) is 4.92. The normalized spacial score (nSPS) is 12.6. The van der Waals surface area contributed by atoms with Crippen LogP contribution in [-0.4, -0.2) is 21.1 Å². The number of hydrogen-bond acceptors (Lipinski definition) is 3. The van der Waals surface area contributed by atoms with Crippen molar-refractivity contribution in [1.82, 2.24) is 15.2 Å². The Bertz CT molecular complexity index is 630. The maximum absolute atomic E-state index is 11.4. The zero-order valence-corrected chi connectivity index (χ0v) is 14.8. The van der Waals surface area contributed by atoms with Crippen molar-refractivity contribution in [2.75, 3.05) is 0 Å². The monoisotopic (exact) mass is 316 g/mol. The molecule has 1 amide bonds. The van der Waals surface area contributed by atoms with Gasteiger partial charge >= 0.3 is 0 Å². The third kappa shape index (κ3) is 4.65. The van der Waals surface area contributed by atoms with E-state index in [4.69, 9.17) is 5.73 Å². The van der Waals surface area contributed by atoms with Crippen LogP contribution in [-0.2, 0) is 6.42 Å².